The molecule has 260 valence electrons. The van der Waals surface area contributed by atoms with Crippen LogP contribution in [0.2, 0.25) is 0 Å². The lowest BCUT2D eigenvalue weighted by Crippen LogP contribution is -2.37. The number of ether oxygens (including phenoxy) is 2. The maximum atomic E-state index is 13.1. The number of carbonyl (C=O) groups is 1. The van der Waals surface area contributed by atoms with Crippen LogP contribution < -0.4 is 15.0 Å². The molecule has 0 spiro atoms. The predicted octanol–water partition coefficient (Wildman–Crippen LogP) is 8.49. The molecule has 1 amide bonds. The van der Waals surface area contributed by atoms with E-state index >= 15 is 0 Å². The Labute approximate surface area is 294 Å². The fourth-order valence-corrected chi connectivity index (χ4v) is 7.18. The highest BCUT2D eigenvalue weighted by atomic mass is 32.2. The molecule has 0 aliphatic carbocycles. The van der Waals surface area contributed by atoms with Crippen molar-refractivity contribution in [2.75, 3.05) is 36.6 Å². The third kappa shape index (κ3) is 10.4. The summed E-state index contributed by atoms with van der Waals surface area (Å²) in [5.74, 6) is 0.996. The first-order valence-electron chi connectivity index (χ1n) is 17.6. The van der Waals surface area contributed by atoms with Gasteiger partial charge >= 0.3 is 0 Å². The molecule has 1 aliphatic heterocycles. The Morgan fingerprint density at radius 3 is 2.53 bits per heavy atom. The van der Waals surface area contributed by atoms with Crippen molar-refractivity contribution in [3.05, 3.63) is 96.6 Å². The molecule has 3 aromatic carbocycles. The molecule has 8 nitrogen and oxygen atoms in total. The molecule has 1 N–H and O–H groups in total. The van der Waals surface area contributed by atoms with Crippen molar-refractivity contribution in [2.24, 2.45) is 0 Å². The van der Waals surface area contributed by atoms with Crippen LogP contribution in [0.25, 0.3) is 17.2 Å². The Kier molecular flexibility index (Phi) is 13.6. The Bertz CT molecular complexity index is 1680. The number of aryl methyl sites for hydroxylation is 1. The summed E-state index contributed by atoms with van der Waals surface area (Å²) in [6.07, 6.45) is 13.8. The minimum atomic E-state index is -1.21. The minimum absolute atomic E-state index is 0.222. The number of benzene rings is 3. The minimum Gasteiger partial charge on any atom is -0.491 e. The van der Waals surface area contributed by atoms with Crippen LogP contribution in [0.15, 0.2) is 90.2 Å². The summed E-state index contributed by atoms with van der Waals surface area (Å²) in [7, 11) is -1.21. The largest absolute Gasteiger partial charge is 0.491 e. The van der Waals surface area contributed by atoms with Crippen LogP contribution in [0.5, 0.6) is 5.75 Å². The van der Waals surface area contributed by atoms with Crippen molar-refractivity contribution < 1.29 is 18.5 Å². The van der Waals surface area contributed by atoms with Gasteiger partial charge in [-0.2, -0.15) is 0 Å². The third-order valence-electron chi connectivity index (χ3n) is 8.81. The summed E-state index contributed by atoms with van der Waals surface area (Å²) in [5.41, 5.74) is 5.89. The molecule has 1 saturated heterocycles. The summed E-state index contributed by atoms with van der Waals surface area (Å²) < 4.78 is 26.6. The fraction of sp³-hybridized carbons (Fsp3) is 0.400. The fourth-order valence-electron chi connectivity index (χ4n) is 6.06. The molecule has 0 bridgehead atoms. The predicted molar refractivity (Wildman–Crippen MR) is 200 cm³/mol. The number of aromatic nitrogens is 2. The van der Waals surface area contributed by atoms with Gasteiger partial charge in [0.1, 0.15) is 12.4 Å². The van der Waals surface area contributed by atoms with Gasteiger partial charge in [-0.05, 0) is 110 Å². The lowest BCUT2D eigenvalue weighted by Gasteiger charge is -2.36. The number of piperidine rings is 1. The highest BCUT2D eigenvalue weighted by Gasteiger charge is 2.21. The maximum absolute atomic E-state index is 13.1. The molecule has 2 atom stereocenters. The van der Waals surface area contributed by atoms with E-state index in [2.05, 4.69) is 66.3 Å². The highest BCUT2D eigenvalue weighted by Crippen LogP contribution is 2.33. The number of nitrogens with zero attached hydrogens (tertiary/aromatic N) is 3. The summed E-state index contributed by atoms with van der Waals surface area (Å²) in [6, 6.07) is 22.3. The molecule has 1 aliphatic rings. The number of rotatable bonds is 17. The van der Waals surface area contributed by atoms with Gasteiger partial charge in [-0.15, -0.1) is 0 Å². The summed E-state index contributed by atoms with van der Waals surface area (Å²) in [5, 5.41) is 2.97. The quantitative estimate of drug-likeness (QED) is 0.0888. The van der Waals surface area contributed by atoms with E-state index < -0.39 is 10.8 Å². The van der Waals surface area contributed by atoms with Crippen LogP contribution in [0, 0.1) is 0 Å². The molecule has 0 radical (unpaired) electrons. The first-order chi connectivity index (χ1) is 23.9. The van der Waals surface area contributed by atoms with Gasteiger partial charge in [0.25, 0.3) is 0 Å². The number of carbonyl (C=O) groups excluding carboxylic acids is 1. The smallest absolute Gasteiger partial charge is 0.248 e. The van der Waals surface area contributed by atoms with Gasteiger partial charge in [0.2, 0.25) is 5.91 Å². The molecule has 9 heteroatoms. The average Bonchev–Trinajstić information content (AvgIpc) is 3.56. The van der Waals surface area contributed by atoms with E-state index in [-0.39, 0.29) is 5.91 Å². The van der Waals surface area contributed by atoms with Gasteiger partial charge in [-0.25, -0.2) is 4.98 Å². The van der Waals surface area contributed by atoms with Gasteiger partial charge in [-0.3, -0.25) is 9.00 Å². The van der Waals surface area contributed by atoms with Crippen molar-refractivity contribution in [2.45, 2.75) is 82.5 Å². The summed E-state index contributed by atoms with van der Waals surface area (Å²) in [6.45, 7) is 10.3. The van der Waals surface area contributed by atoms with Crippen molar-refractivity contribution in [1.82, 2.24) is 9.55 Å². The molecule has 2 heterocycles. The summed E-state index contributed by atoms with van der Waals surface area (Å²) in [4.78, 5) is 20.5. The molecule has 1 aromatic heterocycles. The zero-order chi connectivity index (χ0) is 34.4. The second-order valence-corrected chi connectivity index (χ2v) is 14.0. The van der Waals surface area contributed by atoms with Crippen molar-refractivity contribution in [3.63, 3.8) is 0 Å². The normalized spacial score (nSPS) is 15.4. The first kappa shape index (κ1) is 36.1. The second kappa shape index (κ2) is 18.5. The lowest BCUT2D eigenvalue weighted by atomic mass is 9.97. The van der Waals surface area contributed by atoms with Gasteiger partial charge in [0, 0.05) is 54.3 Å². The Morgan fingerprint density at radius 2 is 1.78 bits per heavy atom. The topological polar surface area (TPSA) is 85.7 Å². The third-order valence-corrected chi connectivity index (χ3v) is 10.2. The van der Waals surface area contributed by atoms with Gasteiger partial charge in [0.15, 0.2) is 0 Å². The lowest BCUT2D eigenvalue weighted by molar-refractivity contribution is -0.111. The van der Waals surface area contributed by atoms with E-state index in [1.807, 2.05) is 34.9 Å². The van der Waals surface area contributed by atoms with E-state index in [0.29, 0.717) is 35.6 Å². The molecule has 5 rings (SSSR count). The Balaban J connectivity index is 1.25. The number of hydrogen-bond donors (Lipinski definition) is 1. The number of imidazole rings is 1. The van der Waals surface area contributed by atoms with E-state index in [1.165, 1.54) is 6.42 Å². The average molecular weight is 683 g/mol. The van der Waals surface area contributed by atoms with E-state index in [4.69, 9.17) is 9.47 Å². The molecular weight excluding hydrogens is 633 g/mol. The van der Waals surface area contributed by atoms with Crippen LogP contribution in [-0.2, 0) is 32.6 Å². The van der Waals surface area contributed by atoms with Crippen LogP contribution in [-0.4, -0.2) is 52.1 Å². The van der Waals surface area contributed by atoms with E-state index in [1.54, 1.807) is 30.7 Å². The second-order valence-electron chi connectivity index (χ2n) is 12.6. The standard InChI is InChI=1S/C40H50N4O4S/c1-4-6-24-47-25-26-48-37-16-10-32(11-17-37)33-12-20-39(44-23-8-7-9-31(44)3)34(27-33)13-21-40(45)42-35-14-18-38(19-15-35)49(46)29-36-28-41-30-43(36)22-5-2/h10-21,27-28,30-31H,4-9,22-26,29H2,1-3H3,(H,42,45)/t31?,49-/m0/s1. The molecule has 0 saturated carbocycles. The zero-order valence-corrected chi connectivity index (χ0v) is 29.9. The Hall–Kier alpha value is -4.21. The zero-order valence-electron chi connectivity index (χ0n) is 29.1. The maximum Gasteiger partial charge on any atom is 0.248 e. The first-order valence-corrected chi connectivity index (χ1v) is 18.9. The molecule has 49 heavy (non-hydrogen) atoms. The molecule has 1 fully saturated rings. The van der Waals surface area contributed by atoms with E-state index in [0.717, 1.165) is 85.6 Å². The van der Waals surface area contributed by atoms with Gasteiger partial charge < -0.3 is 24.3 Å². The highest BCUT2D eigenvalue weighted by molar-refractivity contribution is 7.84. The van der Waals surface area contributed by atoms with Crippen LogP contribution in [0.1, 0.15) is 70.6 Å². The van der Waals surface area contributed by atoms with Crippen molar-refractivity contribution in [1.29, 1.82) is 0 Å². The van der Waals surface area contributed by atoms with Crippen LogP contribution in [0.4, 0.5) is 11.4 Å². The number of amides is 1. The summed E-state index contributed by atoms with van der Waals surface area (Å²) >= 11 is 0. The number of unbranched alkanes of at least 4 members (excludes halogenated alkanes) is 1. The number of anilines is 2. The van der Waals surface area contributed by atoms with Gasteiger partial charge in [0.05, 0.1) is 35.2 Å². The van der Waals surface area contributed by atoms with Gasteiger partial charge in [-0.1, -0.05) is 38.5 Å². The SMILES string of the molecule is CCCCOCCOc1ccc(-c2ccc(N3CCCCC3C)c(C=CC(=O)Nc3ccc([S@@](=O)Cc4cncn4CCC)cc3)c2)cc1. The Morgan fingerprint density at radius 1 is 0.980 bits per heavy atom. The molecule has 4 aromatic rings. The van der Waals surface area contributed by atoms with Crippen molar-refractivity contribution >= 4 is 34.2 Å². The molecular formula is C40H50N4O4S. The number of nitrogens with one attached hydrogen (secondary N) is 1. The number of hydrogen-bond acceptors (Lipinski definition) is 6. The van der Waals surface area contributed by atoms with Crippen LogP contribution >= 0.6 is 0 Å². The van der Waals surface area contributed by atoms with Crippen molar-refractivity contribution in [3.8, 4) is 16.9 Å². The van der Waals surface area contributed by atoms with Crippen LogP contribution in [0.3, 0.4) is 0 Å². The monoisotopic (exact) mass is 682 g/mol. The molecule has 1 unspecified atom stereocenters. The van der Waals surface area contributed by atoms with E-state index in [9.17, 15) is 9.00 Å².